The molecule has 0 spiro atoms. The zero-order chi connectivity index (χ0) is 31.0. The molecule has 1 aliphatic heterocycles. The summed E-state index contributed by atoms with van der Waals surface area (Å²) in [5, 5.41) is 8.46. The van der Waals surface area contributed by atoms with Crippen LogP contribution in [0.1, 0.15) is 37.4 Å². The quantitative estimate of drug-likeness (QED) is 0.268. The molecule has 1 heterocycles. The van der Waals surface area contributed by atoms with Crippen molar-refractivity contribution in [1.82, 2.24) is 10.2 Å². The molecule has 0 aromatic heterocycles. The average molecular weight is 595 g/mol. The number of amides is 2. The van der Waals surface area contributed by atoms with Crippen LogP contribution in [0.15, 0.2) is 71.9 Å². The number of methoxy groups -OCH3 is 1. The van der Waals surface area contributed by atoms with Gasteiger partial charge in [0.2, 0.25) is 0 Å². The summed E-state index contributed by atoms with van der Waals surface area (Å²) in [6.45, 7) is 2.91. The molecule has 0 saturated carbocycles. The van der Waals surface area contributed by atoms with Crippen LogP contribution in [0.4, 0.5) is 24.5 Å². The number of rotatable bonds is 9. The predicted octanol–water partition coefficient (Wildman–Crippen LogP) is 4.62. The van der Waals surface area contributed by atoms with Crippen LogP contribution < -0.4 is 26.4 Å². The minimum atomic E-state index is -4.58. The molecule has 4 rings (SSSR count). The van der Waals surface area contributed by atoms with Crippen LogP contribution in [0.2, 0.25) is 0 Å². The number of nitrogens with two attached hydrogens (primary N) is 1. The third-order valence-electron chi connectivity index (χ3n) is 6.89. The Morgan fingerprint density at radius 1 is 1.00 bits per heavy atom. The number of aliphatic imine (C=N–C) groups is 1. The summed E-state index contributed by atoms with van der Waals surface area (Å²) in [5.41, 5.74) is 7.09. The largest absolute Gasteiger partial charge is 0.496 e. The van der Waals surface area contributed by atoms with E-state index in [-0.39, 0.29) is 28.9 Å². The highest BCUT2D eigenvalue weighted by Gasteiger charge is 2.34. The van der Waals surface area contributed by atoms with E-state index in [9.17, 15) is 22.8 Å². The molecule has 43 heavy (non-hydrogen) atoms. The normalized spacial score (nSPS) is 14.5. The fourth-order valence-corrected chi connectivity index (χ4v) is 4.72. The molecule has 0 bridgehead atoms. The van der Waals surface area contributed by atoms with Crippen molar-refractivity contribution in [3.63, 3.8) is 0 Å². The van der Waals surface area contributed by atoms with Crippen molar-refractivity contribution in [2.24, 2.45) is 10.7 Å². The number of piperazine rings is 1. The maximum atomic E-state index is 13.9. The van der Waals surface area contributed by atoms with Gasteiger partial charge in [0.05, 0.1) is 18.2 Å². The molecule has 3 aromatic rings. The number of nitrogens with one attached hydrogen (secondary N) is 3. The Bertz CT molecular complexity index is 1530. The van der Waals surface area contributed by atoms with Crippen molar-refractivity contribution >= 4 is 35.0 Å². The maximum Gasteiger partial charge on any atom is 0.416 e. The van der Waals surface area contributed by atoms with Gasteiger partial charge in [-0.05, 0) is 53.6 Å². The molecule has 5 N–H and O–H groups in total. The van der Waals surface area contributed by atoms with Crippen LogP contribution in [0.5, 0.6) is 5.75 Å². The first-order valence-corrected chi connectivity index (χ1v) is 13.5. The number of anilines is 2. The van der Waals surface area contributed by atoms with Crippen molar-refractivity contribution in [3.05, 3.63) is 94.7 Å². The number of nitrogens with zero attached hydrogens (tertiary/aromatic N) is 2. The number of alkyl halides is 3. The smallest absolute Gasteiger partial charge is 0.416 e. The van der Waals surface area contributed by atoms with Gasteiger partial charge < -0.3 is 26.4 Å². The Labute approximate surface area is 247 Å². The third kappa shape index (κ3) is 7.99. The predicted molar refractivity (Wildman–Crippen MR) is 162 cm³/mol. The number of hydrogen-bond donors (Lipinski definition) is 4. The SMILES string of the molecule is CN=CC(=CN)c1ccc(C(=O)Nc2cccc(C(=O)Nc3ccc(CN4CCNCC4)c(C(F)(F)F)c3)c2)c(OC)c1. The summed E-state index contributed by atoms with van der Waals surface area (Å²) >= 11 is 0. The van der Waals surface area contributed by atoms with Crippen LogP contribution in [-0.4, -0.2) is 63.3 Å². The molecule has 226 valence electrons. The van der Waals surface area contributed by atoms with Crippen LogP contribution in [-0.2, 0) is 12.7 Å². The molecule has 0 unspecified atom stereocenters. The van der Waals surface area contributed by atoms with Crippen molar-refractivity contribution in [3.8, 4) is 5.75 Å². The monoisotopic (exact) mass is 594 g/mol. The summed E-state index contributed by atoms with van der Waals surface area (Å²) in [5.74, 6) is -0.813. The third-order valence-corrected chi connectivity index (χ3v) is 6.89. The number of benzene rings is 3. The fraction of sp³-hybridized carbons (Fsp3) is 0.258. The standard InChI is InChI=1S/C31H33F3N6O3/c1-36-18-23(17-35)20-7-9-26(28(15-20)43-2)30(42)39-24-5-3-4-21(14-24)29(41)38-25-8-6-22(27(16-25)31(32,33)34)19-40-12-10-37-11-13-40/h3-9,14-18,37H,10-13,19,35H2,1-2H3,(H,38,41)(H,39,42). The molecule has 0 radical (unpaired) electrons. The van der Waals surface area contributed by atoms with Crippen molar-refractivity contribution < 1.29 is 27.5 Å². The van der Waals surface area contributed by atoms with Gasteiger partial charge in [0, 0.05) is 74.7 Å². The molecule has 1 saturated heterocycles. The van der Waals surface area contributed by atoms with E-state index in [4.69, 9.17) is 10.5 Å². The lowest BCUT2D eigenvalue weighted by molar-refractivity contribution is -0.138. The van der Waals surface area contributed by atoms with Gasteiger partial charge in [0.1, 0.15) is 5.75 Å². The Balaban J connectivity index is 1.49. The van der Waals surface area contributed by atoms with Gasteiger partial charge in [-0.1, -0.05) is 18.2 Å². The van der Waals surface area contributed by atoms with Gasteiger partial charge in [-0.3, -0.25) is 19.5 Å². The molecule has 12 heteroatoms. The van der Waals surface area contributed by atoms with E-state index in [1.807, 2.05) is 4.90 Å². The van der Waals surface area contributed by atoms with Gasteiger partial charge in [-0.2, -0.15) is 13.2 Å². The molecule has 2 amide bonds. The number of carbonyl (C=O) groups excluding carboxylic acids is 2. The highest BCUT2D eigenvalue weighted by atomic mass is 19.4. The first kappa shape index (κ1) is 31.3. The first-order chi connectivity index (χ1) is 20.6. The lowest BCUT2D eigenvalue weighted by atomic mass is 10.0. The maximum absolute atomic E-state index is 13.9. The van der Waals surface area contributed by atoms with Gasteiger partial charge >= 0.3 is 6.18 Å². The molecular formula is C31H33F3N6O3. The molecule has 9 nitrogen and oxygen atoms in total. The lowest BCUT2D eigenvalue weighted by Gasteiger charge is -2.28. The van der Waals surface area contributed by atoms with Crippen molar-refractivity contribution in [2.75, 3.05) is 51.0 Å². The van der Waals surface area contributed by atoms with E-state index in [2.05, 4.69) is 20.9 Å². The van der Waals surface area contributed by atoms with E-state index in [0.29, 0.717) is 35.7 Å². The molecule has 3 aromatic carbocycles. The zero-order valence-electron chi connectivity index (χ0n) is 23.8. The van der Waals surface area contributed by atoms with Crippen LogP contribution in [0.25, 0.3) is 5.57 Å². The number of ether oxygens (including phenoxy) is 1. The van der Waals surface area contributed by atoms with Crippen molar-refractivity contribution in [1.29, 1.82) is 0 Å². The Kier molecular flexibility index (Phi) is 10.2. The number of carbonyl (C=O) groups is 2. The van der Waals surface area contributed by atoms with Crippen molar-refractivity contribution in [2.45, 2.75) is 12.7 Å². The fourth-order valence-electron chi connectivity index (χ4n) is 4.72. The van der Waals surface area contributed by atoms with Crippen LogP contribution >= 0.6 is 0 Å². The number of halogens is 3. The minimum Gasteiger partial charge on any atom is -0.496 e. The van der Waals surface area contributed by atoms with Crippen LogP contribution in [0, 0.1) is 0 Å². The Hall–Kier alpha value is -4.68. The number of allylic oxidation sites excluding steroid dienone is 1. The summed E-state index contributed by atoms with van der Waals surface area (Å²) in [4.78, 5) is 32.0. The molecule has 0 atom stereocenters. The second kappa shape index (κ2) is 14.0. The van der Waals surface area contributed by atoms with E-state index >= 15 is 0 Å². The topological polar surface area (TPSA) is 121 Å². The summed E-state index contributed by atoms with van der Waals surface area (Å²) in [7, 11) is 3.05. The van der Waals surface area contributed by atoms with Gasteiger partial charge in [0.15, 0.2) is 0 Å². The number of hydrogen-bond acceptors (Lipinski definition) is 7. The van der Waals surface area contributed by atoms with E-state index < -0.39 is 23.6 Å². The average Bonchev–Trinajstić information content (AvgIpc) is 3.00. The molecule has 0 aliphatic carbocycles. The summed E-state index contributed by atoms with van der Waals surface area (Å²) < 4.78 is 47.2. The Morgan fingerprint density at radius 2 is 1.72 bits per heavy atom. The zero-order valence-corrected chi connectivity index (χ0v) is 23.8. The molecule has 1 aliphatic rings. The second-order valence-corrected chi connectivity index (χ2v) is 9.81. The Morgan fingerprint density at radius 3 is 2.40 bits per heavy atom. The summed E-state index contributed by atoms with van der Waals surface area (Å²) in [6, 6.07) is 14.8. The van der Waals surface area contributed by atoms with E-state index in [0.717, 1.165) is 19.2 Å². The lowest BCUT2D eigenvalue weighted by Crippen LogP contribution is -2.43. The first-order valence-electron chi connectivity index (χ1n) is 13.5. The molecule has 1 fully saturated rings. The highest BCUT2D eigenvalue weighted by molar-refractivity contribution is 6.11. The summed E-state index contributed by atoms with van der Waals surface area (Å²) in [6.07, 6.45) is -1.61. The van der Waals surface area contributed by atoms with Gasteiger partial charge in [0.25, 0.3) is 11.8 Å². The molecular weight excluding hydrogens is 561 g/mol. The van der Waals surface area contributed by atoms with Crippen LogP contribution in [0.3, 0.4) is 0 Å². The van der Waals surface area contributed by atoms with Gasteiger partial charge in [-0.15, -0.1) is 0 Å². The van der Waals surface area contributed by atoms with E-state index in [1.54, 1.807) is 43.6 Å². The highest BCUT2D eigenvalue weighted by Crippen LogP contribution is 2.35. The minimum absolute atomic E-state index is 0.0136. The van der Waals surface area contributed by atoms with Gasteiger partial charge in [-0.25, -0.2) is 0 Å². The van der Waals surface area contributed by atoms with E-state index in [1.165, 1.54) is 37.6 Å². The second-order valence-electron chi connectivity index (χ2n) is 9.81.